The molecule has 204 valence electrons. The Kier molecular flexibility index (Phi) is 10.3. The van der Waals surface area contributed by atoms with Gasteiger partial charge in [0.05, 0.1) is 27.6 Å². The summed E-state index contributed by atoms with van der Waals surface area (Å²) in [5.41, 5.74) is -0.895. The highest BCUT2D eigenvalue weighted by molar-refractivity contribution is 7.92. The molecule has 0 saturated carbocycles. The minimum Gasteiger partial charge on any atom is -0.354 e. The van der Waals surface area contributed by atoms with E-state index in [0.29, 0.717) is 22.5 Å². The van der Waals surface area contributed by atoms with Crippen LogP contribution in [0.4, 0.5) is 18.9 Å². The highest BCUT2D eigenvalue weighted by Gasteiger charge is 2.33. The number of nitrogens with zero attached hydrogens (tertiary/aromatic N) is 2. The van der Waals surface area contributed by atoms with Crippen molar-refractivity contribution in [2.75, 3.05) is 23.7 Å². The van der Waals surface area contributed by atoms with Crippen LogP contribution in [0.3, 0.4) is 0 Å². The number of alkyl halides is 3. The lowest BCUT2D eigenvalue weighted by atomic mass is 10.1. The number of hydrogen-bond acceptors (Lipinski definition) is 4. The van der Waals surface area contributed by atoms with Gasteiger partial charge in [0, 0.05) is 13.1 Å². The molecular weight excluding hydrogens is 554 g/mol. The molecule has 0 bridgehead atoms. The van der Waals surface area contributed by atoms with Gasteiger partial charge in [-0.15, -0.1) is 0 Å². The molecule has 0 unspecified atom stereocenters. The van der Waals surface area contributed by atoms with Crippen molar-refractivity contribution < 1.29 is 31.2 Å². The number of sulfonamides is 1. The highest BCUT2D eigenvalue weighted by Crippen LogP contribution is 2.32. The smallest absolute Gasteiger partial charge is 0.354 e. The molecule has 0 fully saturated rings. The van der Waals surface area contributed by atoms with Crippen molar-refractivity contribution in [2.24, 2.45) is 5.92 Å². The first kappa shape index (κ1) is 30.7. The van der Waals surface area contributed by atoms with Gasteiger partial charge in [-0.25, -0.2) is 8.42 Å². The molecule has 0 aliphatic heterocycles. The summed E-state index contributed by atoms with van der Waals surface area (Å²) in [6.45, 7) is 4.64. The summed E-state index contributed by atoms with van der Waals surface area (Å²) in [5, 5.41) is 3.22. The topological polar surface area (TPSA) is 86.8 Å². The van der Waals surface area contributed by atoms with E-state index in [2.05, 4.69) is 5.32 Å². The summed E-state index contributed by atoms with van der Waals surface area (Å²) < 4.78 is 65.4. The summed E-state index contributed by atoms with van der Waals surface area (Å²) in [6.07, 6.45) is -3.94. The van der Waals surface area contributed by atoms with Crippen LogP contribution < -0.4 is 9.62 Å². The van der Waals surface area contributed by atoms with Crippen LogP contribution in [0.25, 0.3) is 0 Å². The van der Waals surface area contributed by atoms with Crippen LogP contribution in [-0.2, 0) is 32.3 Å². The Hall–Kier alpha value is -2.50. The van der Waals surface area contributed by atoms with E-state index in [1.165, 1.54) is 19.1 Å². The quantitative estimate of drug-likeness (QED) is 0.429. The van der Waals surface area contributed by atoms with Crippen molar-refractivity contribution in [3.05, 3.63) is 63.6 Å². The first-order valence-corrected chi connectivity index (χ1v) is 13.8. The molecule has 1 atom stereocenters. The normalized spacial score (nSPS) is 12.8. The Morgan fingerprint density at radius 3 is 2.22 bits per heavy atom. The zero-order valence-corrected chi connectivity index (χ0v) is 23.0. The molecule has 0 aliphatic rings. The van der Waals surface area contributed by atoms with E-state index >= 15 is 0 Å². The second-order valence-corrected chi connectivity index (χ2v) is 11.6. The molecule has 0 spiro atoms. The summed E-state index contributed by atoms with van der Waals surface area (Å²) in [7, 11) is -4.18. The molecule has 2 amide bonds. The lowest BCUT2D eigenvalue weighted by Gasteiger charge is -2.31. The maximum atomic E-state index is 13.5. The SMILES string of the molecule is CC(C)CNC(=O)[C@H](C)N(Cc1ccc(Cl)c(Cl)c1)C(=O)CN(c1cccc(C(F)(F)F)c1)S(C)(=O)=O. The lowest BCUT2D eigenvalue weighted by molar-refractivity contribution is -0.139. The van der Waals surface area contributed by atoms with Gasteiger partial charge >= 0.3 is 6.18 Å². The molecule has 37 heavy (non-hydrogen) atoms. The Balaban J connectivity index is 2.45. The minimum absolute atomic E-state index is 0.133. The lowest BCUT2D eigenvalue weighted by Crippen LogP contribution is -2.51. The van der Waals surface area contributed by atoms with Gasteiger partial charge in [-0.2, -0.15) is 13.2 Å². The maximum absolute atomic E-state index is 13.5. The third-order valence-electron chi connectivity index (χ3n) is 5.33. The number of carbonyl (C=O) groups is 2. The van der Waals surface area contributed by atoms with Gasteiger partial charge < -0.3 is 10.2 Å². The summed E-state index contributed by atoms with van der Waals surface area (Å²) in [6, 6.07) is 7.22. The standard InChI is InChI=1S/C24H28Cl2F3N3O4S/c1-15(2)12-30-23(34)16(3)31(13-17-8-9-20(25)21(26)10-17)22(33)14-32(37(4,35)36)19-7-5-6-18(11-19)24(27,28)29/h5-11,15-16H,12-14H2,1-4H3,(H,30,34)/t16-/m0/s1. The van der Waals surface area contributed by atoms with E-state index in [0.717, 1.165) is 29.4 Å². The van der Waals surface area contributed by atoms with Crippen molar-refractivity contribution in [1.29, 1.82) is 0 Å². The zero-order valence-electron chi connectivity index (χ0n) is 20.6. The molecule has 0 saturated heterocycles. The predicted molar refractivity (Wildman–Crippen MR) is 138 cm³/mol. The monoisotopic (exact) mass is 581 g/mol. The number of rotatable bonds is 10. The van der Waals surface area contributed by atoms with E-state index in [4.69, 9.17) is 23.2 Å². The largest absolute Gasteiger partial charge is 0.416 e. The zero-order chi connectivity index (χ0) is 28.1. The Morgan fingerprint density at radius 1 is 1.03 bits per heavy atom. The van der Waals surface area contributed by atoms with Crippen molar-refractivity contribution in [1.82, 2.24) is 10.2 Å². The van der Waals surface area contributed by atoms with Gasteiger partial charge in [-0.3, -0.25) is 13.9 Å². The molecule has 2 aromatic rings. The van der Waals surface area contributed by atoms with Gasteiger partial charge in [0.2, 0.25) is 21.8 Å². The molecule has 0 heterocycles. The molecule has 2 aromatic carbocycles. The minimum atomic E-state index is -4.72. The van der Waals surface area contributed by atoms with E-state index in [1.807, 2.05) is 13.8 Å². The van der Waals surface area contributed by atoms with Crippen molar-refractivity contribution >= 4 is 50.7 Å². The fourth-order valence-corrected chi connectivity index (χ4v) is 4.48. The van der Waals surface area contributed by atoms with Crippen molar-refractivity contribution in [3.63, 3.8) is 0 Å². The summed E-state index contributed by atoms with van der Waals surface area (Å²) in [5.74, 6) is -1.15. The highest BCUT2D eigenvalue weighted by atomic mass is 35.5. The molecule has 0 aromatic heterocycles. The maximum Gasteiger partial charge on any atom is 0.416 e. The van der Waals surface area contributed by atoms with Crippen LogP contribution in [0.1, 0.15) is 31.9 Å². The van der Waals surface area contributed by atoms with Crippen LogP contribution in [0.2, 0.25) is 10.0 Å². The first-order chi connectivity index (χ1) is 17.0. The molecule has 0 radical (unpaired) electrons. The third kappa shape index (κ3) is 8.79. The van der Waals surface area contributed by atoms with Gasteiger partial charge in [0.25, 0.3) is 0 Å². The summed E-state index contributed by atoms with van der Waals surface area (Å²) in [4.78, 5) is 27.4. The predicted octanol–water partition coefficient (Wildman–Crippen LogP) is 4.97. The van der Waals surface area contributed by atoms with Gasteiger partial charge in [0.15, 0.2) is 0 Å². The van der Waals surface area contributed by atoms with Gasteiger partial charge in [0.1, 0.15) is 12.6 Å². The fourth-order valence-electron chi connectivity index (χ4n) is 3.32. The molecule has 7 nitrogen and oxygen atoms in total. The molecule has 1 N–H and O–H groups in total. The van der Waals surface area contributed by atoms with E-state index in [1.54, 1.807) is 6.07 Å². The number of benzene rings is 2. The second-order valence-electron chi connectivity index (χ2n) is 8.90. The Labute approximate surface area is 224 Å². The Morgan fingerprint density at radius 2 is 1.68 bits per heavy atom. The van der Waals surface area contributed by atoms with Crippen molar-refractivity contribution in [3.8, 4) is 0 Å². The molecule has 0 aliphatic carbocycles. The van der Waals surface area contributed by atoms with Crippen LogP contribution >= 0.6 is 23.2 Å². The van der Waals surface area contributed by atoms with E-state index < -0.39 is 46.2 Å². The number of anilines is 1. The van der Waals surface area contributed by atoms with Gasteiger partial charge in [-0.05, 0) is 48.7 Å². The molecule has 13 heteroatoms. The number of nitrogens with one attached hydrogen (secondary N) is 1. The fraction of sp³-hybridized carbons (Fsp3) is 0.417. The van der Waals surface area contributed by atoms with Crippen molar-refractivity contribution in [2.45, 2.75) is 39.5 Å². The van der Waals surface area contributed by atoms with Crippen LogP contribution in [-0.4, -0.2) is 50.5 Å². The second kappa shape index (κ2) is 12.4. The Bertz CT molecular complexity index is 1240. The number of halogens is 5. The average Bonchev–Trinajstić information content (AvgIpc) is 2.79. The summed E-state index contributed by atoms with van der Waals surface area (Å²) >= 11 is 12.1. The van der Waals surface area contributed by atoms with Gasteiger partial charge in [-0.1, -0.05) is 49.2 Å². The van der Waals surface area contributed by atoms with Crippen LogP contribution in [0.15, 0.2) is 42.5 Å². The molecular formula is C24H28Cl2F3N3O4S. The number of amides is 2. The van der Waals surface area contributed by atoms with Crippen LogP contribution in [0.5, 0.6) is 0 Å². The third-order valence-corrected chi connectivity index (χ3v) is 7.21. The average molecular weight is 582 g/mol. The number of carbonyl (C=O) groups excluding carboxylic acids is 2. The van der Waals surface area contributed by atoms with E-state index in [-0.39, 0.29) is 28.2 Å². The number of hydrogen-bond donors (Lipinski definition) is 1. The van der Waals surface area contributed by atoms with Crippen LogP contribution in [0, 0.1) is 5.92 Å². The first-order valence-electron chi connectivity index (χ1n) is 11.2. The van der Waals surface area contributed by atoms with E-state index in [9.17, 15) is 31.2 Å². The molecule has 2 rings (SSSR count).